The fourth-order valence-corrected chi connectivity index (χ4v) is 1.99. The van der Waals surface area contributed by atoms with Gasteiger partial charge in [0.1, 0.15) is 11.5 Å². The van der Waals surface area contributed by atoms with E-state index >= 15 is 0 Å². The molecule has 17 heavy (non-hydrogen) atoms. The summed E-state index contributed by atoms with van der Waals surface area (Å²) in [7, 11) is 0. The van der Waals surface area contributed by atoms with Crippen LogP contribution < -0.4 is 4.74 Å². The molecular formula is C13H11BrClNO. The molecule has 1 aromatic carbocycles. The van der Waals surface area contributed by atoms with Crippen LogP contribution in [-0.4, -0.2) is 4.98 Å². The molecule has 0 fully saturated rings. The number of rotatable bonds is 3. The fourth-order valence-electron chi connectivity index (χ4n) is 1.42. The van der Waals surface area contributed by atoms with Gasteiger partial charge >= 0.3 is 0 Å². The molecule has 0 bridgehead atoms. The maximum atomic E-state index is 5.85. The molecule has 0 atom stereocenters. The average molecular weight is 313 g/mol. The van der Waals surface area contributed by atoms with Crippen LogP contribution in [0.4, 0.5) is 0 Å². The van der Waals surface area contributed by atoms with Gasteiger partial charge in [-0.3, -0.25) is 4.98 Å². The van der Waals surface area contributed by atoms with E-state index in [-0.39, 0.29) is 0 Å². The van der Waals surface area contributed by atoms with Gasteiger partial charge in [-0.1, -0.05) is 22.0 Å². The molecule has 0 saturated carbocycles. The van der Waals surface area contributed by atoms with E-state index in [1.807, 2.05) is 37.3 Å². The number of halogens is 2. The molecule has 0 aliphatic heterocycles. The number of ether oxygens (including phenoxy) is 1. The normalized spacial score (nSPS) is 10.3. The molecule has 2 rings (SSSR count). The van der Waals surface area contributed by atoms with E-state index in [0.717, 1.165) is 27.2 Å². The smallest absolute Gasteiger partial charge is 0.135 e. The standard InChI is InChI=1S/C13H11BrClNO/c1-9-5-13(10(7-15)8-16-9)17-12-4-2-3-11(14)6-12/h2-6,8H,7H2,1H3. The van der Waals surface area contributed by atoms with Crippen molar-refractivity contribution >= 4 is 27.5 Å². The number of alkyl halides is 1. The third-order valence-corrected chi connectivity index (χ3v) is 3.03. The Morgan fingerprint density at radius 3 is 2.88 bits per heavy atom. The Hall–Kier alpha value is -1.06. The number of pyridine rings is 1. The quantitative estimate of drug-likeness (QED) is 0.767. The highest BCUT2D eigenvalue weighted by Gasteiger charge is 2.05. The number of benzene rings is 1. The molecule has 0 aliphatic rings. The zero-order chi connectivity index (χ0) is 12.3. The first-order valence-electron chi connectivity index (χ1n) is 5.14. The van der Waals surface area contributed by atoms with E-state index in [2.05, 4.69) is 20.9 Å². The van der Waals surface area contributed by atoms with Crippen molar-refractivity contribution in [2.24, 2.45) is 0 Å². The Bertz CT molecular complexity index is 531. The second kappa shape index (κ2) is 5.52. The highest BCUT2D eigenvalue weighted by Crippen LogP contribution is 2.28. The Labute approximate surface area is 114 Å². The van der Waals surface area contributed by atoms with E-state index in [9.17, 15) is 0 Å². The third kappa shape index (κ3) is 3.20. The summed E-state index contributed by atoms with van der Waals surface area (Å²) in [5, 5.41) is 0. The number of hydrogen-bond acceptors (Lipinski definition) is 2. The highest BCUT2D eigenvalue weighted by atomic mass is 79.9. The van der Waals surface area contributed by atoms with Gasteiger partial charge in [0.2, 0.25) is 0 Å². The van der Waals surface area contributed by atoms with Crippen molar-refractivity contribution in [2.75, 3.05) is 0 Å². The first-order valence-corrected chi connectivity index (χ1v) is 6.46. The van der Waals surface area contributed by atoms with Crippen LogP contribution in [0.5, 0.6) is 11.5 Å². The van der Waals surface area contributed by atoms with Crippen molar-refractivity contribution in [3.8, 4) is 11.5 Å². The Kier molecular flexibility index (Phi) is 4.02. The van der Waals surface area contributed by atoms with Gasteiger partial charge in [0.15, 0.2) is 0 Å². The molecule has 0 spiro atoms. The molecular weight excluding hydrogens is 302 g/mol. The van der Waals surface area contributed by atoms with Gasteiger partial charge in [0.05, 0.1) is 5.88 Å². The minimum atomic E-state index is 0.386. The van der Waals surface area contributed by atoms with E-state index in [0.29, 0.717) is 5.88 Å². The van der Waals surface area contributed by atoms with Gasteiger partial charge in [-0.05, 0) is 25.1 Å². The lowest BCUT2D eigenvalue weighted by Gasteiger charge is -2.10. The second-order valence-electron chi connectivity index (χ2n) is 3.63. The third-order valence-electron chi connectivity index (χ3n) is 2.25. The van der Waals surface area contributed by atoms with E-state index in [1.54, 1.807) is 6.20 Å². The SMILES string of the molecule is Cc1cc(Oc2cccc(Br)c2)c(CCl)cn1. The summed E-state index contributed by atoms with van der Waals surface area (Å²) in [6.07, 6.45) is 1.75. The predicted molar refractivity (Wildman–Crippen MR) is 72.7 cm³/mol. The molecule has 0 aliphatic carbocycles. The molecule has 1 heterocycles. The summed E-state index contributed by atoms with van der Waals surface area (Å²) in [6.45, 7) is 1.92. The minimum absolute atomic E-state index is 0.386. The molecule has 0 saturated heterocycles. The molecule has 0 radical (unpaired) electrons. The van der Waals surface area contributed by atoms with Gasteiger partial charge in [0.25, 0.3) is 0 Å². The van der Waals surface area contributed by atoms with E-state index in [1.165, 1.54) is 0 Å². The summed E-state index contributed by atoms with van der Waals surface area (Å²) in [5.41, 5.74) is 1.79. The second-order valence-corrected chi connectivity index (χ2v) is 4.81. The molecule has 0 amide bonds. The van der Waals surface area contributed by atoms with Crippen LogP contribution in [0.25, 0.3) is 0 Å². The Balaban J connectivity index is 2.32. The van der Waals surface area contributed by atoms with Crippen LogP contribution in [0, 0.1) is 6.92 Å². The molecule has 0 N–H and O–H groups in total. The maximum absolute atomic E-state index is 5.85. The van der Waals surface area contributed by atoms with Crippen molar-refractivity contribution in [3.63, 3.8) is 0 Å². The van der Waals surface area contributed by atoms with Gasteiger partial charge in [-0.25, -0.2) is 0 Å². The van der Waals surface area contributed by atoms with Gasteiger partial charge in [0, 0.05) is 28.0 Å². The van der Waals surface area contributed by atoms with Crippen LogP contribution >= 0.6 is 27.5 Å². The number of hydrogen-bond donors (Lipinski definition) is 0. The average Bonchev–Trinajstić information content (AvgIpc) is 2.29. The number of nitrogens with zero attached hydrogens (tertiary/aromatic N) is 1. The lowest BCUT2D eigenvalue weighted by molar-refractivity contribution is 0.476. The minimum Gasteiger partial charge on any atom is -0.457 e. The van der Waals surface area contributed by atoms with Crippen LogP contribution in [0.15, 0.2) is 41.0 Å². The number of aromatic nitrogens is 1. The topological polar surface area (TPSA) is 22.1 Å². The van der Waals surface area contributed by atoms with Crippen LogP contribution in [0.3, 0.4) is 0 Å². The molecule has 0 unspecified atom stereocenters. The largest absolute Gasteiger partial charge is 0.457 e. The first-order chi connectivity index (χ1) is 8.19. The van der Waals surface area contributed by atoms with Crippen LogP contribution in [-0.2, 0) is 5.88 Å². The molecule has 2 nitrogen and oxygen atoms in total. The van der Waals surface area contributed by atoms with E-state index < -0.39 is 0 Å². The van der Waals surface area contributed by atoms with Gasteiger partial charge < -0.3 is 4.74 Å². The molecule has 1 aromatic heterocycles. The number of aryl methyl sites for hydroxylation is 1. The van der Waals surface area contributed by atoms with Crippen LogP contribution in [0.1, 0.15) is 11.3 Å². The van der Waals surface area contributed by atoms with Crippen LogP contribution in [0.2, 0.25) is 0 Å². The van der Waals surface area contributed by atoms with Gasteiger partial charge in [-0.2, -0.15) is 0 Å². The lowest BCUT2D eigenvalue weighted by Crippen LogP contribution is -1.92. The summed E-state index contributed by atoms with van der Waals surface area (Å²) < 4.78 is 6.79. The van der Waals surface area contributed by atoms with Crippen molar-refractivity contribution in [1.82, 2.24) is 4.98 Å². The molecule has 88 valence electrons. The lowest BCUT2D eigenvalue weighted by atomic mass is 10.2. The summed E-state index contributed by atoms with van der Waals surface area (Å²) in [6, 6.07) is 9.58. The van der Waals surface area contributed by atoms with Crippen molar-refractivity contribution in [1.29, 1.82) is 0 Å². The van der Waals surface area contributed by atoms with Crippen molar-refractivity contribution < 1.29 is 4.74 Å². The van der Waals surface area contributed by atoms with Gasteiger partial charge in [-0.15, -0.1) is 11.6 Å². The van der Waals surface area contributed by atoms with E-state index in [4.69, 9.17) is 16.3 Å². The summed E-state index contributed by atoms with van der Waals surface area (Å²) in [4.78, 5) is 4.20. The Morgan fingerprint density at radius 2 is 2.18 bits per heavy atom. The first kappa shape index (κ1) is 12.4. The van der Waals surface area contributed by atoms with Crippen molar-refractivity contribution in [3.05, 3.63) is 52.3 Å². The molecule has 2 aromatic rings. The zero-order valence-corrected chi connectivity index (χ0v) is 11.6. The Morgan fingerprint density at radius 1 is 1.35 bits per heavy atom. The van der Waals surface area contributed by atoms with Crippen molar-refractivity contribution in [2.45, 2.75) is 12.8 Å². The maximum Gasteiger partial charge on any atom is 0.135 e. The zero-order valence-electron chi connectivity index (χ0n) is 9.28. The monoisotopic (exact) mass is 311 g/mol. The highest BCUT2D eigenvalue weighted by molar-refractivity contribution is 9.10. The summed E-state index contributed by atoms with van der Waals surface area (Å²) >= 11 is 9.26. The summed E-state index contributed by atoms with van der Waals surface area (Å²) in [5.74, 6) is 1.92. The predicted octanol–water partition coefficient (Wildman–Crippen LogP) is 4.68. The fraction of sp³-hybridized carbons (Fsp3) is 0.154. The molecule has 4 heteroatoms.